The van der Waals surface area contributed by atoms with Gasteiger partial charge in [0.15, 0.2) is 0 Å². The van der Waals surface area contributed by atoms with Crippen molar-refractivity contribution >= 4 is 0 Å². The highest BCUT2D eigenvalue weighted by Gasteiger charge is 2.32. The highest BCUT2D eigenvalue weighted by Crippen LogP contribution is 2.32. The van der Waals surface area contributed by atoms with E-state index in [9.17, 15) is 8.78 Å². The lowest BCUT2D eigenvalue weighted by molar-refractivity contribution is 0.169. The molecule has 0 bridgehead atoms. The summed E-state index contributed by atoms with van der Waals surface area (Å²) in [4.78, 5) is 0. The van der Waals surface area contributed by atoms with Gasteiger partial charge >= 0.3 is 0 Å². The summed E-state index contributed by atoms with van der Waals surface area (Å²) >= 11 is 0. The number of hydrogen-bond donors (Lipinski definition) is 1. The maximum Gasteiger partial charge on any atom is 0.123 e. The first-order valence-corrected chi connectivity index (χ1v) is 6.32. The molecule has 94 valence electrons. The lowest BCUT2D eigenvalue weighted by atomic mass is 10.1. The predicted octanol–water partition coefficient (Wildman–Crippen LogP) is 3.24. The van der Waals surface area contributed by atoms with Gasteiger partial charge in [-0.25, -0.2) is 8.78 Å². The first-order valence-electron chi connectivity index (χ1n) is 6.32. The Labute approximate surface area is 101 Å². The molecule has 1 aliphatic rings. The first-order chi connectivity index (χ1) is 8.18. The quantitative estimate of drug-likeness (QED) is 0.778. The van der Waals surface area contributed by atoms with Gasteiger partial charge in [0.1, 0.15) is 11.5 Å². The molecule has 1 aromatic carbocycles. The SMILES string of the molecule is Fc1ccc(CCNCC2(F)CCCC2)cc1. The highest BCUT2D eigenvalue weighted by atomic mass is 19.1. The summed E-state index contributed by atoms with van der Waals surface area (Å²) in [5, 5.41) is 3.16. The van der Waals surface area contributed by atoms with E-state index in [1.165, 1.54) is 12.1 Å². The molecule has 1 fully saturated rings. The van der Waals surface area contributed by atoms with Gasteiger partial charge in [0.25, 0.3) is 0 Å². The average Bonchev–Trinajstić information content (AvgIpc) is 2.74. The minimum Gasteiger partial charge on any atom is -0.313 e. The number of hydrogen-bond acceptors (Lipinski definition) is 1. The van der Waals surface area contributed by atoms with Crippen LogP contribution in [-0.4, -0.2) is 18.8 Å². The van der Waals surface area contributed by atoms with Crippen molar-refractivity contribution in [1.29, 1.82) is 0 Å². The van der Waals surface area contributed by atoms with Crippen LogP contribution >= 0.6 is 0 Å². The van der Waals surface area contributed by atoms with Crippen LogP contribution in [0.2, 0.25) is 0 Å². The summed E-state index contributed by atoms with van der Waals surface area (Å²) < 4.78 is 26.6. The molecule has 1 aromatic rings. The summed E-state index contributed by atoms with van der Waals surface area (Å²) in [7, 11) is 0. The van der Waals surface area contributed by atoms with Gasteiger partial charge in [-0.1, -0.05) is 25.0 Å². The van der Waals surface area contributed by atoms with Crippen LogP contribution in [0.4, 0.5) is 8.78 Å². The van der Waals surface area contributed by atoms with Crippen LogP contribution in [0.3, 0.4) is 0 Å². The van der Waals surface area contributed by atoms with E-state index < -0.39 is 5.67 Å². The molecule has 1 N–H and O–H groups in total. The molecule has 0 atom stereocenters. The van der Waals surface area contributed by atoms with Crippen molar-refractivity contribution in [3.8, 4) is 0 Å². The van der Waals surface area contributed by atoms with Crippen molar-refractivity contribution in [2.45, 2.75) is 37.8 Å². The minimum absolute atomic E-state index is 0.213. The van der Waals surface area contributed by atoms with Gasteiger partial charge in [-0.05, 0) is 43.5 Å². The fourth-order valence-electron chi connectivity index (χ4n) is 2.38. The van der Waals surface area contributed by atoms with Crippen LogP contribution in [0.25, 0.3) is 0 Å². The number of rotatable bonds is 5. The smallest absolute Gasteiger partial charge is 0.123 e. The van der Waals surface area contributed by atoms with Gasteiger partial charge in [0.05, 0.1) is 0 Å². The molecule has 0 aromatic heterocycles. The van der Waals surface area contributed by atoms with Gasteiger partial charge < -0.3 is 5.32 Å². The molecule has 0 aliphatic heterocycles. The van der Waals surface area contributed by atoms with Gasteiger partial charge in [-0.2, -0.15) is 0 Å². The van der Waals surface area contributed by atoms with Crippen LogP contribution in [0.15, 0.2) is 24.3 Å². The lowest BCUT2D eigenvalue weighted by Gasteiger charge is -2.19. The Balaban J connectivity index is 1.67. The topological polar surface area (TPSA) is 12.0 Å². The zero-order valence-electron chi connectivity index (χ0n) is 10.0. The first kappa shape index (κ1) is 12.5. The number of alkyl halides is 1. The van der Waals surface area contributed by atoms with Crippen LogP contribution < -0.4 is 5.32 Å². The predicted molar refractivity (Wildman–Crippen MR) is 65.3 cm³/mol. The van der Waals surface area contributed by atoms with E-state index in [1.54, 1.807) is 12.1 Å². The Bertz CT molecular complexity index is 342. The van der Waals surface area contributed by atoms with Crippen molar-refractivity contribution in [1.82, 2.24) is 5.32 Å². The zero-order chi connectivity index (χ0) is 12.1. The maximum atomic E-state index is 14.0. The van der Waals surface area contributed by atoms with Crippen LogP contribution in [-0.2, 0) is 6.42 Å². The Morgan fingerprint density at radius 3 is 2.41 bits per heavy atom. The molecule has 1 aliphatic carbocycles. The monoisotopic (exact) mass is 239 g/mol. The van der Waals surface area contributed by atoms with Gasteiger partial charge in [0.2, 0.25) is 0 Å². The number of halogens is 2. The molecule has 2 rings (SSSR count). The van der Waals surface area contributed by atoms with E-state index in [0.29, 0.717) is 19.4 Å². The van der Waals surface area contributed by atoms with E-state index in [2.05, 4.69) is 5.32 Å². The van der Waals surface area contributed by atoms with Crippen molar-refractivity contribution in [3.63, 3.8) is 0 Å². The van der Waals surface area contributed by atoms with Crippen molar-refractivity contribution < 1.29 is 8.78 Å². The molecule has 0 saturated heterocycles. The second-order valence-corrected chi connectivity index (χ2v) is 4.91. The Morgan fingerprint density at radius 2 is 1.76 bits per heavy atom. The minimum atomic E-state index is -0.983. The number of nitrogens with one attached hydrogen (secondary N) is 1. The number of benzene rings is 1. The van der Waals surface area contributed by atoms with Gasteiger partial charge in [0, 0.05) is 6.54 Å². The van der Waals surface area contributed by atoms with E-state index in [4.69, 9.17) is 0 Å². The zero-order valence-corrected chi connectivity index (χ0v) is 10.0. The Hall–Kier alpha value is -0.960. The fraction of sp³-hybridized carbons (Fsp3) is 0.571. The molecular weight excluding hydrogens is 220 g/mol. The summed E-state index contributed by atoms with van der Waals surface area (Å²) in [6.07, 6.45) is 4.22. The maximum absolute atomic E-state index is 14.0. The van der Waals surface area contributed by atoms with E-state index in [0.717, 1.165) is 31.4 Å². The average molecular weight is 239 g/mol. The van der Waals surface area contributed by atoms with E-state index in [1.807, 2.05) is 0 Å². The third kappa shape index (κ3) is 3.77. The van der Waals surface area contributed by atoms with Crippen molar-refractivity contribution in [2.24, 2.45) is 0 Å². The lowest BCUT2D eigenvalue weighted by Crippen LogP contribution is -2.35. The highest BCUT2D eigenvalue weighted by molar-refractivity contribution is 5.16. The Kier molecular flexibility index (Phi) is 4.11. The molecular formula is C14H19F2N. The molecule has 17 heavy (non-hydrogen) atoms. The third-order valence-corrected chi connectivity index (χ3v) is 3.45. The molecule has 0 radical (unpaired) electrons. The second kappa shape index (κ2) is 5.58. The Morgan fingerprint density at radius 1 is 1.12 bits per heavy atom. The van der Waals surface area contributed by atoms with Gasteiger partial charge in [-0.3, -0.25) is 0 Å². The standard InChI is InChI=1S/C14H19F2N/c15-13-5-3-12(4-6-13)7-10-17-11-14(16)8-1-2-9-14/h3-6,17H,1-2,7-11H2. The van der Waals surface area contributed by atoms with Crippen LogP contribution in [0.1, 0.15) is 31.2 Å². The second-order valence-electron chi connectivity index (χ2n) is 4.91. The summed E-state index contributed by atoms with van der Waals surface area (Å²) in [6, 6.07) is 6.47. The van der Waals surface area contributed by atoms with Gasteiger partial charge in [-0.15, -0.1) is 0 Å². The molecule has 0 heterocycles. The van der Waals surface area contributed by atoms with Crippen molar-refractivity contribution in [3.05, 3.63) is 35.6 Å². The van der Waals surface area contributed by atoms with E-state index in [-0.39, 0.29) is 5.82 Å². The summed E-state index contributed by atoms with van der Waals surface area (Å²) in [5.41, 5.74) is 0.0984. The van der Waals surface area contributed by atoms with Crippen LogP contribution in [0, 0.1) is 5.82 Å². The van der Waals surface area contributed by atoms with E-state index >= 15 is 0 Å². The summed E-state index contributed by atoms with van der Waals surface area (Å²) in [5.74, 6) is -0.213. The molecule has 0 unspecified atom stereocenters. The molecule has 0 amide bonds. The molecule has 0 spiro atoms. The normalized spacial score (nSPS) is 18.5. The molecule has 1 nitrogen and oxygen atoms in total. The fourth-order valence-corrected chi connectivity index (χ4v) is 2.38. The largest absolute Gasteiger partial charge is 0.313 e. The third-order valence-electron chi connectivity index (χ3n) is 3.45. The van der Waals surface area contributed by atoms with Crippen LogP contribution in [0.5, 0.6) is 0 Å². The summed E-state index contributed by atoms with van der Waals surface area (Å²) in [6.45, 7) is 1.20. The van der Waals surface area contributed by atoms with Crippen molar-refractivity contribution in [2.75, 3.05) is 13.1 Å². The molecule has 3 heteroatoms. The molecule has 1 saturated carbocycles.